The first-order valence-corrected chi connectivity index (χ1v) is 6.74. The Kier molecular flexibility index (Phi) is 3.09. The first kappa shape index (κ1) is 10.8. The molecule has 0 spiro atoms. The van der Waals surface area contributed by atoms with Crippen molar-refractivity contribution in [2.45, 2.75) is 6.42 Å². The summed E-state index contributed by atoms with van der Waals surface area (Å²) in [5.41, 5.74) is 1.00. The van der Waals surface area contributed by atoms with E-state index in [9.17, 15) is 0 Å². The number of nitrogens with one attached hydrogen (secondary N) is 1. The lowest BCUT2D eigenvalue weighted by molar-refractivity contribution is 0.171. The standard InChI is InChI=1S/C12H14N2O2S/c1-4-13-12(17-7-1)14-9-2-3-10-11(8-9)16-6-5-15-10/h2-3,8H,1,4-7H2,(H,13,14). The molecule has 4 nitrogen and oxygen atoms in total. The average Bonchev–Trinajstić information content (AvgIpc) is 2.40. The third kappa shape index (κ3) is 2.49. The zero-order chi connectivity index (χ0) is 11.5. The van der Waals surface area contributed by atoms with Gasteiger partial charge in [0.15, 0.2) is 16.7 Å². The van der Waals surface area contributed by atoms with E-state index in [0.717, 1.165) is 41.1 Å². The molecule has 0 saturated carbocycles. The maximum Gasteiger partial charge on any atom is 0.163 e. The zero-order valence-electron chi connectivity index (χ0n) is 9.44. The summed E-state index contributed by atoms with van der Waals surface area (Å²) < 4.78 is 11.0. The van der Waals surface area contributed by atoms with Gasteiger partial charge in [-0.25, -0.2) is 0 Å². The van der Waals surface area contributed by atoms with E-state index in [2.05, 4.69) is 10.3 Å². The smallest absolute Gasteiger partial charge is 0.163 e. The Balaban J connectivity index is 1.77. The van der Waals surface area contributed by atoms with Gasteiger partial charge in [-0.2, -0.15) is 0 Å². The van der Waals surface area contributed by atoms with E-state index in [1.54, 1.807) is 11.8 Å². The van der Waals surface area contributed by atoms with Gasteiger partial charge in [0.25, 0.3) is 0 Å². The number of hydrogen-bond acceptors (Lipinski definition) is 5. The zero-order valence-corrected chi connectivity index (χ0v) is 10.3. The predicted molar refractivity (Wildman–Crippen MR) is 70.4 cm³/mol. The molecule has 0 amide bonds. The molecule has 0 aliphatic carbocycles. The van der Waals surface area contributed by atoms with Crippen molar-refractivity contribution < 1.29 is 9.47 Å². The molecule has 5 heteroatoms. The van der Waals surface area contributed by atoms with Crippen LogP contribution in [0.4, 0.5) is 5.69 Å². The summed E-state index contributed by atoms with van der Waals surface area (Å²) in [7, 11) is 0. The molecule has 0 atom stereocenters. The molecular formula is C12H14N2O2S. The van der Waals surface area contributed by atoms with Gasteiger partial charge in [0.2, 0.25) is 0 Å². The highest BCUT2D eigenvalue weighted by Crippen LogP contribution is 2.33. The largest absolute Gasteiger partial charge is 0.486 e. The highest BCUT2D eigenvalue weighted by molar-refractivity contribution is 8.14. The summed E-state index contributed by atoms with van der Waals surface area (Å²) in [6, 6.07) is 5.89. The summed E-state index contributed by atoms with van der Waals surface area (Å²) >= 11 is 1.76. The van der Waals surface area contributed by atoms with Gasteiger partial charge in [0.05, 0.1) is 0 Å². The summed E-state index contributed by atoms with van der Waals surface area (Å²) in [6.45, 7) is 2.16. The number of ether oxygens (including phenoxy) is 2. The number of rotatable bonds is 1. The van der Waals surface area contributed by atoms with Crippen molar-refractivity contribution in [3.8, 4) is 11.5 Å². The number of anilines is 1. The van der Waals surface area contributed by atoms with Crippen molar-refractivity contribution in [2.24, 2.45) is 4.99 Å². The van der Waals surface area contributed by atoms with Crippen molar-refractivity contribution in [1.29, 1.82) is 0 Å². The molecule has 3 rings (SSSR count). The van der Waals surface area contributed by atoms with Crippen LogP contribution in [0.2, 0.25) is 0 Å². The van der Waals surface area contributed by atoms with Crippen LogP contribution >= 0.6 is 11.8 Å². The van der Waals surface area contributed by atoms with Gasteiger partial charge in [-0.3, -0.25) is 4.99 Å². The van der Waals surface area contributed by atoms with Crippen molar-refractivity contribution in [1.82, 2.24) is 0 Å². The van der Waals surface area contributed by atoms with E-state index in [0.29, 0.717) is 13.2 Å². The number of amidine groups is 1. The van der Waals surface area contributed by atoms with Gasteiger partial charge in [0, 0.05) is 24.1 Å². The molecule has 0 saturated heterocycles. The first-order chi connectivity index (χ1) is 8.42. The lowest BCUT2D eigenvalue weighted by Crippen LogP contribution is -2.16. The van der Waals surface area contributed by atoms with Crippen molar-refractivity contribution in [2.75, 3.05) is 30.8 Å². The number of hydrogen-bond donors (Lipinski definition) is 1. The molecule has 1 aromatic carbocycles. The molecular weight excluding hydrogens is 236 g/mol. The topological polar surface area (TPSA) is 42.9 Å². The van der Waals surface area contributed by atoms with E-state index in [-0.39, 0.29) is 0 Å². The number of nitrogens with zero attached hydrogens (tertiary/aromatic N) is 1. The normalized spacial score (nSPS) is 18.5. The highest BCUT2D eigenvalue weighted by Gasteiger charge is 2.13. The maximum atomic E-state index is 5.54. The van der Waals surface area contributed by atoms with Crippen LogP contribution in [0.15, 0.2) is 23.2 Å². The molecule has 2 aliphatic rings. The Morgan fingerprint density at radius 1 is 1.18 bits per heavy atom. The molecule has 0 radical (unpaired) electrons. The van der Waals surface area contributed by atoms with E-state index in [4.69, 9.17) is 9.47 Å². The van der Waals surface area contributed by atoms with Crippen LogP contribution in [0.5, 0.6) is 11.5 Å². The Labute approximate surface area is 104 Å². The quantitative estimate of drug-likeness (QED) is 0.831. The van der Waals surface area contributed by atoms with E-state index in [1.165, 1.54) is 0 Å². The maximum absolute atomic E-state index is 5.54. The van der Waals surface area contributed by atoms with Crippen molar-refractivity contribution >= 4 is 22.6 Å². The molecule has 0 unspecified atom stereocenters. The fraction of sp³-hybridized carbons (Fsp3) is 0.417. The summed E-state index contributed by atoms with van der Waals surface area (Å²) in [4.78, 5) is 4.43. The monoisotopic (exact) mass is 250 g/mol. The van der Waals surface area contributed by atoms with Crippen LogP contribution in [0.3, 0.4) is 0 Å². The number of fused-ring (bicyclic) bond motifs is 1. The van der Waals surface area contributed by atoms with Crippen molar-refractivity contribution in [3.05, 3.63) is 18.2 Å². The van der Waals surface area contributed by atoms with E-state index >= 15 is 0 Å². The first-order valence-electron chi connectivity index (χ1n) is 5.76. The minimum absolute atomic E-state index is 0.617. The third-order valence-electron chi connectivity index (χ3n) is 2.59. The lowest BCUT2D eigenvalue weighted by Gasteiger charge is -2.19. The van der Waals surface area contributed by atoms with Crippen LogP contribution in [0.1, 0.15) is 6.42 Å². The fourth-order valence-electron chi connectivity index (χ4n) is 1.78. The van der Waals surface area contributed by atoms with E-state index < -0.39 is 0 Å². The van der Waals surface area contributed by atoms with Crippen LogP contribution in [0, 0.1) is 0 Å². The van der Waals surface area contributed by atoms with Crippen LogP contribution < -0.4 is 14.8 Å². The van der Waals surface area contributed by atoms with Gasteiger partial charge in [0.1, 0.15) is 13.2 Å². The fourth-order valence-corrected chi connectivity index (χ4v) is 2.62. The SMILES string of the molecule is c1cc2c(cc1NC1=NCCCS1)OCCO2. The Hall–Kier alpha value is -1.36. The summed E-state index contributed by atoms with van der Waals surface area (Å²) in [5, 5.41) is 4.30. The molecule has 0 bridgehead atoms. The van der Waals surface area contributed by atoms with Gasteiger partial charge in [-0.15, -0.1) is 0 Å². The molecule has 2 aliphatic heterocycles. The van der Waals surface area contributed by atoms with Crippen molar-refractivity contribution in [3.63, 3.8) is 0 Å². The van der Waals surface area contributed by atoms with Crippen LogP contribution in [-0.2, 0) is 0 Å². The third-order valence-corrected chi connectivity index (χ3v) is 3.59. The molecule has 17 heavy (non-hydrogen) atoms. The summed E-state index contributed by atoms with van der Waals surface area (Å²) in [6.07, 6.45) is 1.16. The molecule has 90 valence electrons. The van der Waals surface area contributed by atoms with Gasteiger partial charge >= 0.3 is 0 Å². The number of aliphatic imine (C=N–C) groups is 1. The van der Waals surface area contributed by atoms with Gasteiger partial charge in [-0.05, 0) is 18.6 Å². The second kappa shape index (κ2) is 4.87. The molecule has 0 fully saturated rings. The highest BCUT2D eigenvalue weighted by atomic mass is 32.2. The minimum Gasteiger partial charge on any atom is -0.486 e. The molecule has 1 aromatic rings. The Bertz CT molecular complexity index is 448. The lowest BCUT2D eigenvalue weighted by atomic mass is 10.2. The number of thioether (sulfide) groups is 1. The van der Waals surface area contributed by atoms with Crippen LogP contribution in [0.25, 0.3) is 0 Å². The van der Waals surface area contributed by atoms with E-state index in [1.807, 2.05) is 18.2 Å². The second-order valence-electron chi connectivity index (χ2n) is 3.87. The second-order valence-corrected chi connectivity index (χ2v) is 4.96. The average molecular weight is 250 g/mol. The minimum atomic E-state index is 0.617. The predicted octanol–water partition coefficient (Wildman–Crippen LogP) is 2.36. The molecule has 2 heterocycles. The Morgan fingerprint density at radius 3 is 2.88 bits per heavy atom. The molecule has 0 aromatic heterocycles. The van der Waals surface area contributed by atoms with Gasteiger partial charge < -0.3 is 14.8 Å². The van der Waals surface area contributed by atoms with Gasteiger partial charge in [-0.1, -0.05) is 11.8 Å². The molecule has 1 N–H and O–H groups in total. The summed E-state index contributed by atoms with van der Waals surface area (Å²) in [5.74, 6) is 2.76. The van der Waals surface area contributed by atoms with Crippen LogP contribution in [-0.4, -0.2) is 30.7 Å². The Morgan fingerprint density at radius 2 is 2.06 bits per heavy atom. The number of benzene rings is 1.